The molecule has 0 bridgehead atoms. The molecule has 1 heterocycles. The van der Waals surface area contributed by atoms with E-state index in [1.807, 2.05) is 35.2 Å². The Labute approximate surface area is 123 Å². The topological polar surface area (TPSA) is 78.6 Å². The van der Waals surface area contributed by atoms with Crippen LogP contribution in [0.4, 0.5) is 11.5 Å². The molecule has 1 aromatic heterocycles. The molecule has 0 unspecified atom stereocenters. The van der Waals surface area contributed by atoms with E-state index in [0.29, 0.717) is 18.1 Å². The lowest BCUT2D eigenvalue weighted by atomic mass is 10.2. The van der Waals surface area contributed by atoms with Gasteiger partial charge in [0.25, 0.3) is 0 Å². The maximum absolute atomic E-state index is 12.1. The Hall–Kier alpha value is -2.34. The van der Waals surface area contributed by atoms with E-state index in [9.17, 15) is 9.90 Å². The molecule has 1 atom stereocenters. The van der Waals surface area contributed by atoms with Gasteiger partial charge in [0, 0.05) is 18.3 Å². The Morgan fingerprint density at radius 3 is 2.71 bits per heavy atom. The van der Waals surface area contributed by atoms with Gasteiger partial charge in [-0.05, 0) is 26.0 Å². The van der Waals surface area contributed by atoms with Crippen LogP contribution in [0.1, 0.15) is 12.7 Å². The fraction of sp³-hybridized carbons (Fsp3) is 0.333. The molecule has 0 aliphatic rings. The molecular weight excluding hydrogens is 270 g/mol. The van der Waals surface area contributed by atoms with E-state index < -0.39 is 6.10 Å². The van der Waals surface area contributed by atoms with Gasteiger partial charge < -0.3 is 19.8 Å². The molecule has 6 nitrogen and oxygen atoms in total. The SMILES string of the molecule is Cc1cc(NC(=O)CN(C[C@@H](C)O)c2ccccc2)no1. The minimum absolute atomic E-state index is 0.126. The average Bonchev–Trinajstić information content (AvgIpc) is 2.83. The van der Waals surface area contributed by atoms with Crippen LogP contribution in [0.2, 0.25) is 0 Å². The third-order valence-corrected chi connectivity index (χ3v) is 2.84. The number of aromatic nitrogens is 1. The van der Waals surface area contributed by atoms with Crippen molar-refractivity contribution in [3.05, 3.63) is 42.2 Å². The van der Waals surface area contributed by atoms with Gasteiger partial charge in [-0.2, -0.15) is 0 Å². The summed E-state index contributed by atoms with van der Waals surface area (Å²) in [6.07, 6.45) is -0.535. The highest BCUT2D eigenvalue weighted by molar-refractivity contribution is 5.93. The van der Waals surface area contributed by atoms with Gasteiger partial charge in [-0.15, -0.1) is 0 Å². The predicted molar refractivity (Wildman–Crippen MR) is 80.2 cm³/mol. The molecule has 0 radical (unpaired) electrons. The van der Waals surface area contributed by atoms with Gasteiger partial charge in [-0.1, -0.05) is 23.4 Å². The Morgan fingerprint density at radius 1 is 1.43 bits per heavy atom. The second kappa shape index (κ2) is 6.90. The van der Waals surface area contributed by atoms with Crippen molar-refractivity contribution in [3.63, 3.8) is 0 Å². The summed E-state index contributed by atoms with van der Waals surface area (Å²) in [5, 5.41) is 16.0. The van der Waals surface area contributed by atoms with E-state index in [-0.39, 0.29) is 12.5 Å². The van der Waals surface area contributed by atoms with Crippen molar-refractivity contribution in [2.24, 2.45) is 0 Å². The zero-order chi connectivity index (χ0) is 15.2. The first kappa shape index (κ1) is 15.1. The van der Waals surface area contributed by atoms with E-state index in [2.05, 4.69) is 10.5 Å². The van der Waals surface area contributed by atoms with E-state index in [0.717, 1.165) is 5.69 Å². The third-order valence-electron chi connectivity index (χ3n) is 2.84. The fourth-order valence-corrected chi connectivity index (χ4v) is 2.00. The van der Waals surface area contributed by atoms with Gasteiger partial charge in [0.2, 0.25) is 5.91 Å². The number of aliphatic hydroxyl groups excluding tert-OH is 1. The molecule has 0 aliphatic heterocycles. The first-order chi connectivity index (χ1) is 10.0. The largest absolute Gasteiger partial charge is 0.392 e. The van der Waals surface area contributed by atoms with Crippen LogP contribution < -0.4 is 10.2 Å². The van der Waals surface area contributed by atoms with Gasteiger partial charge in [-0.3, -0.25) is 4.79 Å². The number of hydrogen-bond acceptors (Lipinski definition) is 5. The molecular formula is C15H19N3O3. The number of anilines is 2. The number of hydrogen-bond donors (Lipinski definition) is 2. The molecule has 1 aromatic carbocycles. The minimum Gasteiger partial charge on any atom is -0.392 e. The van der Waals surface area contributed by atoms with Crippen LogP contribution in [0.25, 0.3) is 0 Å². The zero-order valence-electron chi connectivity index (χ0n) is 12.1. The van der Waals surface area contributed by atoms with Crippen molar-refractivity contribution >= 4 is 17.4 Å². The number of aryl methyl sites for hydroxylation is 1. The summed E-state index contributed by atoms with van der Waals surface area (Å²) in [6.45, 7) is 3.94. The Balaban J connectivity index is 2.02. The molecule has 2 aromatic rings. The van der Waals surface area contributed by atoms with Crippen molar-refractivity contribution < 1.29 is 14.4 Å². The summed E-state index contributed by atoms with van der Waals surface area (Å²) in [6, 6.07) is 11.1. The number of carbonyl (C=O) groups excluding carboxylic acids is 1. The molecule has 112 valence electrons. The monoisotopic (exact) mass is 289 g/mol. The fourth-order valence-electron chi connectivity index (χ4n) is 2.00. The second-order valence-electron chi connectivity index (χ2n) is 4.94. The van der Waals surface area contributed by atoms with Gasteiger partial charge in [0.1, 0.15) is 5.76 Å². The van der Waals surface area contributed by atoms with Crippen LogP contribution in [0.15, 0.2) is 40.9 Å². The van der Waals surface area contributed by atoms with Crippen molar-refractivity contribution in [3.8, 4) is 0 Å². The molecule has 0 saturated heterocycles. The highest BCUT2D eigenvalue weighted by Crippen LogP contribution is 2.14. The molecule has 2 N–H and O–H groups in total. The van der Waals surface area contributed by atoms with Gasteiger partial charge in [-0.25, -0.2) is 0 Å². The highest BCUT2D eigenvalue weighted by Gasteiger charge is 2.14. The summed E-state index contributed by atoms with van der Waals surface area (Å²) in [5.41, 5.74) is 0.880. The summed E-state index contributed by atoms with van der Waals surface area (Å²) < 4.78 is 4.90. The van der Waals surface area contributed by atoms with Crippen LogP contribution in [0.5, 0.6) is 0 Å². The normalized spacial score (nSPS) is 12.0. The molecule has 0 spiro atoms. The lowest BCUT2D eigenvalue weighted by molar-refractivity contribution is -0.115. The Bertz CT molecular complexity index is 581. The third kappa shape index (κ3) is 4.61. The maximum Gasteiger partial charge on any atom is 0.245 e. The van der Waals surface area contributed by atoms with Gasteiger partial charge in [0.15, 0.2) is 5.82 Å². The first-order valence-corrected chi connectivity index (χ1v) is 6.76. The number of rotatable bonds is 6. The lowest BCUT2D eigenvalue weighted by Gasteiger charge is -2.25. The first-order valence-electron chi connectivity index (χ1n) is 6.76. The summed E-state index contributed by atoms with van der Waals surface area (Å²) in [5.74, 6) is 0.810. The molecule has 0 fully saturated rings. The van der Waals surface area contributed by atoms with Crippen LogP contribution in [0, 0.1) is 6.92 Å². The molecule has 0 aliphatic carbocycles. The van der Waals surface area contributed by atoms with Crippen molar-refractivity contribution in [2.75, 3.05) is 23.3 Å². The van der Waals surface area contributed by atoms with Crippen molar-refractivity contribution in [1.82, 2.24) is 5.16 Å². The summed E-state index contributed by atoms with van der Waals surface area (Å²) in [4.78, 5) is 13.9. The average molecular weight is 289 g/mol. The highest BCUT2D eigenvalue weighted by atomic mass is 16.5. The Morgan fingerprint density at radius 2 is 2.14 bits per heavy atom. The van der Waals surface area contributed by atoms with Crippen molar-refractivity contribution in [2.45, 2.75) is 20.0 Å². The molecule has 1 amide bonds. The van der Waals surface area contributed by atoms with Crippen LogP contribution in [0.3, 0.4) is 0 Å². The van der Waals surface area contributed by atoms with Crippen molar-refractivity contribution in [1.29, 1.82) is 0 Å². The standard InChI is InChI=1S/C15H19N3O3/c1-11(19)9-18(13-6-4-3-5-7-13)10-15(20)16-14-8-12(2)21-17-14/h3-8,11,19H,9-10H2,1-2H3,(H,16,17,20)/t11-/m1/s1. The molecule has 2 rings (SSSR count). The number of benzene rings is 1. The lowest BCUT2D eigenvalue weighted by Crippen LogP contribution is -2.37. The van der Waals surface area contributed by atoms with E-state index >= 15 is 0 Å². The molecule has 6 heteroatoms. The Kier molecular flexibility index (Phi) is 4.94. The summed E-state index contributed by atoms with van der Waals surface area (Å²) >= 11 is 0. The predicted octanol–water partition coefficient (Wildman–Crippen LogP) is 1.81. The van der Waals surface area contributed by atoms with Crippen LogP contribution >= 0.6 is 0 Å². The molecule has 21 heavy (non-hydrogen) atoms. The number of nitrogens with zero attached hydrogens (tertiary/aromatic N) is 2. The van der Waals surface area contributed by atoms with Gasteiger partial charge >= 0.3 is 0 Å². The maximum atomic E-state index is 12.1. The minimum atomic E-state index is -0.535. The van der Waals surface area contributed by atoms with E-state index in [1.54, 1.807) is 19.9 Å². The van der Waals surface area contributed by atoms with E-state index in [1.165, 1.54) is 0 Å². The van der Waals surface area contributed by atoms with Crippen LogP contribution in [-0.4, -0.2) is 35.4 Å². The quantitative estimate of drug-likeness (QED) is 0.848. The summed E-state index contributed by atoms with van der Waals surface area (Å²) in [7, 11) is 0. The number of carbonyl (C=O) groups is 1. The molecule has 0 saturated carbocycles. The van der Waals surface area contributed by atoms with Crippen LogP contribution in [-0.2, 0) is 4.79 Å². The zero-order valence-corrected chi connectivity index (χ0v) is 12.1. The number of nitrogens with one attached hydrogen (secondary N) is 1. The number of para-hydroxylation sites is 1. The van der Waals surface area contributed by atoms with E-state index in [4.69, 9.17) is 4.52 Å². The second-order valence-corrected chi connectivity index (χ2v) is 4.94. The van der Waals surface area contributed by atoms with Gasteiger partial charge in [0.05, 0.1) is 12.6 Å². The number of aliphatic hydroxyl groups is 1. The smallest absolute Gasteiger partial charge is 0.245 e. The number of amides is 1.